The van der Waals surface area contributed by atoms with Crippen LogP contribution in [0.2, 0.25) is 0 Å². The molecular weight excluding hydrogens is 228 g/mol. The zero-order chi connectivity index (χ0) is 13.0. The first-order chi connectivity index (χ1) is 8.65. The topological polar surface area (TPSA) is 62.2 Å². The van der Waals surface area contributed by atoms with E-state index in [4.69, 9.17) is 0 Å². The minimum absolute atomic E-state index is 0.0810. The second-order valence-corrected chi connectivity index (χ2v) is 5.08. The number of carbonyl (C=O) groups is 1. The maximum Gasteiger partial charge on any atom is 0.252 e. The Balaban J connectivity index is 1.82. The molecule has 0 radical (unpaired) electrons. The van der Waals surface area contributed by atoms with Crippen LogP contribution in [0.3, 0.4) is 0 Å². The average Bonchev–Trinajstić information content (AvgIpc) is 2.37. The van der Waals surface area contributed by atoms with Gasteiger partial charge in [-0.3, -0.25) is 9.78 Å². The van der Waals surface area contributed by atoms with Crippen LogP contribution in [0.5, 0.6) is 0 Å². The number of carbonyl (C=O) groups excluding carboxylic acids is 1. The van der Waals surface area contributed by atoms with Gasteiger partial charge in [0.15, 0.2) is 0 Å². The van der Waals surface area contributed by atoms with E-state index in [0.717, 1.165) is 31.4 Å². The lowest BCUT2D eigenvalue weighted by molar-refractivity contribution is 0.0873. The lowest BCUT2D eigenvalue weighted by atomic mass is 9.87. The van der Waals surface area contributed by atoms with Crippen LogP contribution < -0.4 is 5.32 Å². The quantitative estimate of drug-likeness (QED) is 0.855. The van der Waals surface area contributed by atoms with E-state index in [-0.39, 0.29) is 12.0 Å². The molecule has 98 valence electrons. The summed E-state index contributed by atoms with van der Waals surface area (Å²) < 4.78 is 0. The summed E-state index contributed by atoms with van der Waals surface area (Å²) in [5.74, 6) is 0.318. The molecule has 18 heavy (non-hydrogen) atoms. The second kappa shape index (κ2) is 5.96. The molecule has 1 amide bonds. The molecule has 0 spiro atoms. The van der Waals surface area contributed by atoms with Crippen molar-refractivity contribution in [3.05, 3.63) is 29.6 Å². The highest BCUT2D eigenvalue weighted by molar-refractivity contribution is 5.93. The highest BCUT2D eigenvalue weighted by Crippen LogP contribution is 2.23. The first-order valence-corrected chi connectivity index (χ1v) is 6.54. The van der Waals surface area contributed by atoms with Gasteiger partial charge in [0.2, 0.25) is 0 Å². The van der Waals surface area contributed by atoms with E-state index in [9.17, 15) is 9.90 Å². The smallest absolute Gasteiger partial charge is 0.252 e. The number of amides is 1. The van der Waals surface area contributed by atoms with Crippen molar-refractivity contribution in [2.45, 2.75) is 38.7 Å². The third-order valence-corrected chi connectivity index (χ3v) is 3.48. The molecule has 1 aromatic rings. The molecule has 0 saturated heterocycles. The van der Waals surface area contributed by atoms with Crippen LogP contribution in [-0.2, 0) is 0 Å². The molecule has 2 unspecified atom stereocenters. The van der Waals surface area contributed by atoms with Gasteiger partial charge in [0.05, 0.1) is 11.7 Å². The zero-order valence-corrected chi connectivity index (χ0v) is 10.7. The lowest BCUT2D eigenvalue weighted by Crippen LogP contribution is -2.33. The van der Waals surface area contributed by atoms with Gasteiger partial charge in [-0.25, -0.2) is 0 Å². The van der Waals surface area contributed by atoms with Gasteiger partial charge in [-0.15, -0.1) is 0 Å². The number of hydrogen-bond acceptors (Lipinski definition) is 3. The van der Waals surface area contributed by atoms with Gasteiger partial charge in [0, 0.05) is 18.4 Å². The summed E-state index contributed by atoms with van der Waals surface area (Å²) >= 11 is 0. The van der Waals surface area contributed by atoms with E-state index < -0.39 is 0 Å². The Morgan fingerprint density at radius 2 is 2.33 bits per heavy atom. The van der Waals surface area contributed by atoms with E-state index in [0.29, 0.717) is 18.0 Å². The normalized spacial score (nSPS) is 23.7. The van der Waals surface area contributed by atoms with E-state index >= 15 is 0 Å². The van der Waals surface area contributed by atoms with Crippen LogP contribution in [0.15, 0.2) is 18.3 Å². The number of hydrogen-bond donors (Lipinski definition) is 2. The van der Waals surface area contributed by atoms with Crippen molar-refractivity contribution in [2.24, 2.45) is 5.92 Å². The Bertz CT molecular complexity index is 403. The summed E-state index contributed by atoms with van der Waals surface area (Å²) in [6.45, 7) is 2.54. The molecule has 0 bridgehead atoms. The minimum Gasteiger partial charge on any atom is -0.393 e. The number of aliphatic hydroxyl groups excluding tert-OH is 1. The average molecular weight is 248 g/mol. The highest BCUT2D eigenvalue weighted by Gasteiger charge is 2.20. The van der Waals surface area contributed by atoms with Crippen molar-refractivity contribution < 1.29 is 9.90 Å². The Hall–Kier alpha value is -1.42. The van der Waals surface area contributed by atoms with Crippen molar-refractivity contribution in [3.63, 3.8) is 0 Å². The minimum atomic E-state index is -0.193. The van der Waals surface area contributed by atoms with E-state index in [1.807, 2.05) is 13.0 Å². The lowest BCUT2D eigenvalue weighted by Gasteiger charge is -2.25. The Labute approximate surface area is 107 Å². The number of aryl methyl sites for hydroxylation is 1. The fourth-order valence-electron chi connectivity index (χ4n) is 2.39. The summed E-state index contributed by atoms with van der Waals surface area (Å²) in [6.07, 6.45) is 5.23. The summed E-state index contributed by atoms with van der Waals surface area (Å²) in [4.78, 5) is 16.0. The van der Waals surface area contributed by atoms with Gasteiger partial charge < -0.3 is 10.4 Å². The molecule has 0 aromatic carbocycles. The summed E-state index contributed by atoms with van der Waals surface area (Å²) in [5.41, 5.74) is 1.50. The van der Waals surface area contributed by atoms with Gasteiger partial charge in [-0.05, 0) is 44.2 Å². The number of nitrogens with zero attached hydrogens (tertiary/aromatic N) is 1. The first-order valence-electron chi connectivity index (χ1n) is 6.54. The van der Waals surface area contributed by atoms with Gasteiger partial charge >= 0.3 is 0 Å². The fourth-order valence-corrected chi connectivity index (χ4v) is 2.39. The molecule has 2 N–H and O–H groups in total. The maximum absolute atomic E-state index is 11.9. The molecule has 4 heteroatoms. The largest absolute Gasteiger partial charge is 0.393 e. The summed E-state index contributed by atoms with van der Waals surface area (Å²) in [6, 6.07) is 3.62. The third kappa shape index (κ3) is 3.53. The Morgan fingerprint density at radius 3 is 3.00 bits per heavy atom. The monoisotopic (exact) mass is 248 g/mol. The van der Waals surface area contributed by atoms with E-state index in [1.54, 1.807) is 12.3 Å². The molecule has 1 fully saturated rings. The summed E-state index contributed by atoms with van der Waals surface area (Å²) in [5, 5.41) is 12.5. The molecule has 0 aliphatic heterocycles. The number of pyridine rings is 1. The highest BCUT2D eigenvalue weighted by atomic mass is 16.3. The number of rotatable bonds is 3. The Morgan fingerprint density at radius 1 is 1.50 bits per heavy atom. The molecule has 1 aromatic heterocycles. The molecular formula is C14H20N2O2. The van der Waals surface area contributed by atoms with Crippen LogP contribution in [0.1, 0.15) is 41.7 Å². The van der Waals surface area contributed by atoms with Crippen LogP contribution in [0.4, 0.5) is 0 Å². The molecule has 4 nitrogen and oxygen atoms in total. The third-order valence-electron chi connectivity index (χ3n) is 3.48. The van der Waals surface area contributed by atoms with Crippen molar-refractivity contribution in [1.29, 1.82) is 0 Å². The van der Waals surface area contributed by atoms with Crippen molar-refractivity contribution in [3.8, 4) is 0 Å². The predicted octanol–water partition coefficient (Wildman–Crippen LogP) is 1.67. The SMILES string of the molecule is Cc1ccc(C(=O)NCC2CCCC(O)C2)cn1. The number of nitrogens with one attached hydrogen (secondary N) is 1. The van der Waals surface area contributed by atoms with Crippen LogP contribution in [-0.4, -0.2) is 28.6 Å². The number of aromatic nitrogens is 1. The molecule has 1 aliphatic rings. The summed E-state index contributed by atoms with van der Waals surface area (Å²) in [7, 11) is 0. The van der Waals surface area contributed by atoms with E-state index in [1.165, 1.54) is 0 Å². The predicted molar refractivity (Wildman–Crippen MR) is 69.3 cm³/mol. The molecule has 1 saturated carbocycles. The van der Waals surface area contributed by atoms with Crippen molar-refractivity contribution in [2.75, 3.05) is 6.54 Å². The molecule has 1 aliphatic carbocycles. The van der Waals surface area contributed by atoms with Crippen LogP contribution in [0.25, 0.3) is 0 Å². The molecule has 2 rings (SSSR count). The molecule has 2 atom stereocenters. The van der Waals surface area contributed by atoms with Gasteiger partial charge in [-0.1, -0.05) is 6.42 Å². The zero-order valence-electron chi connectivity index (χ0n) is 10.7. The maximum atomic E-state index is 11.9. The van der Waals surface area contributed by atoms with Crippen LogP contribution >= 0.6 is 0 Å². The van der Waals surface area contributed by atoms with Gasteiger partial charge in [0.1, 0.15) is 0 Å². The fraction of sp³-hybridized carbons (Fsp3) is 0.571. The first kappa shape index (κ1) is 13.0. The van der Waals surface area contributed by atoms with Crippen molar-refractivity contribution in [1.82, 2.24) is 10.3 Å². The van der Waals surface area contributed by atoms with Gasteiger partial charge in [0.25, 0.3) is 5.91 Å². The molecule has 1 heterocycles. The van der Waals surface area contributed by atoms with Crippen LogP contribution in [0, 0.1) is 12.8 Å². The second-order valence-electron chi connectivity index (χ2n) is 5.08. The van der Waals surface area contributed by atoms with Gasteiger partial charge in [-0.2, -0.15) is 0 Å². The van der Waals surface area contributed by atoms with E-state index in [2.05, 4.69) is 10.3 Å². The standard InChI is InChI=1S/C14H20N2O2/c1-10-5-6-12(9-15-10)14(18)16-8-11-3-2-4-13(17)7-11/h5-6,9,11,13,17H,2-4,7-8H2,1H3,(H,16,18). The number of aliphatic hydroxyl groups is 1. The van der Waals surface area contributed by atoms with Crippen molar-refractivity contribution >= 4 is 5.91 Å². The Kier molecular flexibility index (Phi) is 4.31.